The van der Waals surface area contributed by atoms with Crippen LogP contribution in [0.4, 0.5) is 0 Å². The predicted molar refractivity (Wildman–Crippen MR) is 73.4 cm³/mol. The van der Waals surface area contributed by atoms with Crippen LogP contribution in [-0.2, 0) is 4.74 Å². The molecule has 0 unspecified atom stereocenters. The Kier molecular flexibility index (Phi) is 5.62. The molecule has 1 aromatic heterocycles. The average molecular weight is 248 g/mol. The molecule has 1 aromatic rings. The van der Waals surface area contributed by atoms with E-state index in [0.29, 0.717) is 0 Å². The van der Waals surface area contributed by atoms with Crippen LogP contribution in [-0.4, -0.2) is 24.7 Å². The molecular formula is C15H24N2O. The molecule has 3 heteroatoms. The van der Waals surface area contributed by atoms with E-state index in [4.69, 9.17) is 4.74 Å². The molecule has 0 aliphatic carbocycles. The zero-order chi connectivity index (χ0) is 12.6. The molecule has 1 aliphatic heterocycles. The first-order valence-electron chi connectivity index (χ1n) is 7.09. The van der Waals surface area contributed by atoms with Crippen molar-refractivity contribution >= 4 is 0 Å². The van der Waals surface area contributed by atoms with Crippen molar-refractivity contribution in [3.05, 3.63) is 30.1 Å². The predicted octanol–water partition coefficient (Wildman–Crippen LogP) is 2.94. The van der Waals surface area contributed by atoms with Crippen molar-refractivity contribution < 1.29 is 4.74 Å². The average Bonchev–Trinajstić information content (AvgIpc) is 2.45. The molecule has 1 saturated heterocycles. The lowest BCUT2D eigenvalue weighted by Crippen LogP contribution is -2.29. The standard InChI is InChI=1S/C15H24N2O/c1-13(15-8-2-3-10-17-15)18-11-5-7-14-6-4-9-16-12-14/h2-3,8,10,13-14,16H,4-7,9,11-12H2,1H3/t13-,14+/m1/s1. The molecule has 0 amide bonds. The molecule has 1 N–H and O–H groups in total. The maximum atomic E-state index is 5.84. The smallest absolute Gasteiger partial charge is 0.0966 e. The Morgan fingerprint density at radius 3 is 3.17 bits per heavy atom. The molecule has 0 spiro atoms. The molecule has 0 bridgehead atoms. The number of rotatable bonds is 6. The van der Waals surface area contributed by atoms with Gasteiger partial charge in [0.1, 0.15) is 0 Å². The highest BCUT2D eigenvalue weighted by Crippen LogP contribution is 2.18. The minimum absolute atomic E-state index is 0.107. The number of aromatic nitrogens is 1. The first-order chi connectivity index (χ1) is 8.86. The maximum Gasteiger partial charge on any atom is 0.0966 e. The van der Waals surface area contributed by atoms with Gasteiger partial charge in [-0.15, -0.1) is 0 Å². The van der Waals surface area contributed by atoms with Gasteiger partial charge in [-0.2, -0.15) is 0 Å². The number of nitrogens with one attached hydrogen (secondary N) is 1. The highest BCUT2D eigenvalue weighted by atomic mass is 16.5. The van der Waals surface area contributed by atoms with Crippen molar-refractivity contribution in [3.8, 4) is 0 Å². The molecule has 100 valence electrons. The molecule has 2 heterocycles. The van der Waals surface area contributed by atoms with Crippen LogP contribution in [0.25, 0.3) is 0 Å². The third kappa shape index (κ3) is 4.39. The van der Waals surface area contributed by atoms with Crippen LogP contribution in [0, 0.1) is 5.92 Å². The topological polar surface area (TPSA) is 34.1 Å². The fourth-order valence-corrected chi connectivity index (χ4v) is 2.50. The van der Waals surface area contributed by atoms with Crippen molar-refractivity contribution in [1.29, 1.82) is 0 Å². The summed E-state index contributed by atoms with van der Waals surface area (Å²) in [6, 6.07) is 5.97. The summed E-state index contributed by atoms with van der Waals surface area (Å²) in [6.07, 6.45) is 7.07. The summed E-state index contributed by atoms with van der Waals surface area (Å²) in [5.41, 5.74) is 1.02. The summed E-state index contributed by atoms with van der Waals surface area (Å²) < 4.78 is 5.84. The molecule has 2 atom stereocenters. The number of nitrogens with zero attached hydrogens (tertiary/aromatic N) is 1. The van der Waals surface area contributed by atoms with Crippen molar-refractivity contribution in [2.45, 2.75) is 38.7 Å². The number of hydrogen-bond acceptors (Lipinski definition) is 3. The molecule has 0 aromatic carbocycles. The van der Waals surface area contributed by atoms with Gasteiger partial charge in [0, 0.05) is 12.8 Å². The Bertz CT molecular complexity index is 323. The van der Waals surface area contributed by atoms with E-state index in [1.165, 1.54) is 32.4 Å². The Morgan fingerprint density at radius 1 is 1.50 bits per heavy atom. The van der Waals surface area contributed by atoms with Gasteiger partial charge in [-0.1, -0.05) is 6.07 Å². The number of pyridine rings is 1. The van der Waals surface area contributed by atoms with Gasteiger partial charge in [-0.3, -0.25) is 4.98 Å². The van der Waals surface area contributed by atoms with Crippen LogP contribution in [0.2, 0.25) is 0 Å². The second kappa shape index (κ2) is 7.49. The van der Waals surface area contributed by atoms with Gasteiger partial charge < -0.3 is 10.1 Å². The van der Waals surface area contributed by atoms with Gasteiger partial charge >= 0.3 is 0 Å². The van der Waals surface area contributed by atoms with Gasteiger partial charge in [0.2, 0.25) is 0 Å². The zero-order valence-corrected chi connectivity index (χ0v) is 11.3. The minimum atomic E-state index is 0.107. The molecule has 2 rings (SSSR count). The lowest BCUT2D eigenvalue weighted by molar-refractivity contribution is 0.0575. The fourth-order valence-electron chi connectivity index (χ4n) is 2.50. The quantitative estimate of drug-likeness (QED) is 0.786. The summed E-state index contributed by atoms with van der Waals surface area (Å²) in [5, 5.41) is 3.46. The SMILES string of the molecule is C[C@@H](OCCC[C@@H]1CCCNC1)c1ccccn1. The first-order valence-corrected chi connectivity index (χ1v) is 7.09. The van der Waals surface area contributed by atoms with E-state index < -0.39 is 0 Å². The Labute approximate surface area is 110 Å². The van der Waals surface area contributed by atoms with Crippen molar-refractivity contribution in [3.63, 3.8) is 0 Å². The minimum Gasteiger partial charge on any atom is -0.372 e. The van der Waals surface area contributed by atoms with E-state index in [9.17, 15) is 0 Å². The van der Waals surface area contributed by atoms with E-state index in [0.717, 1.165) is 24.6 Å². The van der Waals surface area contributed by atoms with E-state index in [1.54, 1.807) is 0 Å². The molecule has 1 fully saturated rings. The third-order valence-corrected chi connectivity index (χ3v) is 3.63. The van der Waals surface area contributed by atoms with Crippen LogP contribution in [0.3, 0.4) is 0 Å². The summed E-state index contributed by atoms with van der Waals surface area (Å²) in [7, 11) is 0. The van der Waals surface area contributed by atoms with E-state index >= 15 is 0 Å². The second-order valence-corrected chi connectivity index (χ2v) is 5.12. The monoisotopic (exact) mass is 248 g/mol. The molecule has 0 radical (unpaired) electrons. The second-order valence-electron chi connectivity index (χ2n) is 5.12. The zero-order valence-electron chi connectivity index (χ0n) is 11.3. The normalized spacial score (nSPS) is 21.7. The molecule has 1 aliphatic rings. The third-order valence-electron chi connectivity index (χ3n) is 3.63. The van der Waals surface area contributed by atoms with Crippen molar-refractivity contribution in [2.24, 2.45) is 5.92 Å². The highest BCUT2D eigenvalue weighted by molar-refractivity contribution is 5.05. The largest absolute Gasteiger partial charge is 0.372 e. The van der Waals surface area contributed by atoms with Gasteiger partial charge in [-0.05, 0) is 63.7 Å². The Morgan fingerprint density at radius 2 is 2.44 bits per heavy atom. The molecule has 3 nitrogen and oxygen atoms in total. The first kappa shape index (κ1) is 13.5. The van der Waals surface area contributed by atoms with Crippen LogP contribution >= 0.6 is 0 Å². The van der Waals surface area contributed by atoms with Gasteiger partial charge in [-0.25, -0.2) is 0 Å². The molecular weight excluding hydrogens is 224 g/mol. The van der Waals surface area contributed by atoms with Crippen LogP contribution in [0.5, 0.6) is 0 Å². The lowest BCUT2D eigenvalue weighted by Gasteiger charge is -2.22. The van der Waals surface area contributed by atoms with Gasteiger partial charge in [0.05, 0.1) is 11.8 Å². The van der Waals surface area contributed by atoms with Gasteiger partial charge in [0.15, 0.2) is 0 Å². The summed E-state index contributed by atoms with van der Waals surface area (Å²) in [4.78, 5) is 4.31. The lowest BCUT2D eigenvalue weighted by atomic mass is 9.95. The molecule has 18 heavy (non-hydrogen) atoms. The molecule has 0 saturated carbocycles. The summed E-state index contributed by atoms with van der Waals surface area (Å²) in [5.74, 6) is 0.854. The van der Waals surface area contributed by atoms with E-state index in [1.807, 2.05) is 24.4 Å². The van der Waals surface area contributed by atoms with Gasteiger partial charge in [0.25, 0.3) is 0 Å². The number of hydrogen-bond donors (Lipinski definition) is 1. The number of ether oxygens (including phenoxy) is 1. The Hall–Kier alpha value is -0.930. The van der Waals surface area contributed by atoms with E-state index in [-0.39, 0.29) is 6.10 Å². The van der Waals surface area contributed by atoms with Crippen LogP contribution < -0.4 is 5.32 Å². The number of piperidine rings is 1. The Balaban J connectivity index is 1.60. The van der Waals surface area contributed by atoms with Crippen LogP contribution in [0.15, 0.2) is 24.4 Å². The maximum absolute atomic E-state index is 5.84. The van der Waals surface area contributed by atoms with E-state index in [2.05, 4.69) is 17.2 Å². The van der Waals surface area contributed by atoms with Crippen molar-refractivity contribution in [2.75, 3.05) is 19.7 Å². The van der Waals surface area contributed by atoms with Crippen LogP contribution in [0.1, 0.15) is 44.4 Å². The summed E-state index contributed by atoms with van der Waals surface area (Å²) >= 11 is 0. The highest BCUT2D eigenvalue weighted by Gasteiger charge is 2.12. The fraction of sp³-hybridized carbons (Fsp3) is 0.667. The summed E-state index contributed by atoms with van der Waals surface area (Å²) in [6.45, 7) is 5.30. The van der Waals surface area contributed by atoms with Crippen molar-refractivity contribution in [1.82, 2.24) is 10.3 Å².